The van der Waals surface area contributed by atoms with Crippen LogP contribution in [-0.2, 0) is 17.5 Å². The molecule has 178 valence electrons. The highest BCUT2D eigenvalue weighted by atomic mass is 127. The number of hydrogen-bond donors (Lipinski definition) is 3. The molecule has 2 fully saturated rings. The highest BCUT2D eigenvalue weighted by molar-refractivity contribution is 14.0. The summed E-state index contributed by atoms with van der Waals surface area (Å²) in [6.07, 6.45) is -3.45. The molecule has 1 aromatic carbocycles. The minimum atomic E-state index is -4.32. The minimum absolute atomic E-state index is 0. The summed E-state index contributed by atoms with van der Waals surface area (Å²) in [5.41, 5.74) is 0.194. The van der Waals surface area contributed by atoms with Crippen LogP contribution in [0.2, 0.25) is 0 Å². The van der Waals surface area contributed by atoms with E-state index in [2.05, 4.69) is 25.8 Å². The Morgan fingerprint density at radius 2 is 1.97 bits per heavy atom. The molecule has 1 unspecified atom stereocenters. The van der Waals surface area contributed by atoms with Crippen molar-refractivity contribution in [1.82, 2.24) is 25.8 Å². The van der Waals surface area contributed by atoms with Crippen LogP contribution < -0.4 is 16.0 Å². The molecule has 2 aliphatic rings. The second kappa shape index (κ2) is 11.7. The number of hydrogen-bond acceptors (Lipinski definition) is 4. The van der Waals surface area contributed by atoms with Crippen LogP contribution in [-0.4, -0.2) is 73.0 Å². The largest absolute Gasteiger partial charge is 0.416 e. The van der Waals surface area contributed by atoms with E-state index in [0.717, 1.165) is 42.1 Å². The van der Waals surface area contributed by atoms with Crippen molar-refractivity contribution in [2.75, 3.05) is 39.3 Å². The molecule has 0 saturated carbocycles. The summed E-state index contributed by atoms with van der Waals surface area (Å²) in [5.74, 6) is 0.351. The number of benzene rings is 1. The van der Waals surface area contributed by atoms with E-state index < -0.39 is 17.8 Å². The van der Waals surface area contributed by atoms with Gasteiger partial charge in [-0.05, 0) is 31.0 Å². The smallest absolute Gasteiger partial charge is 0.357 e. The van der Waals surface area contributed by atoms with Gasteiger partial charge in [0.1, 0.15) is 0 Å². The number of imide groups is 1. The molecule has 12 heteroatoms. The monoisotopic (exact) mass is 568 g/mol. The Morgan fingerprint density at radius 1 is 1.25 bits per heavy atom. The third-order valence-corrected chi connectivity index (χ3v) is 5.18. The summed E-state index contributed by atoms with van der Waals surface area (Å²) < 4.78 is 38.1. The summed E-state index contributed by atoms with van der Waals surface area (Å²) in [5, 5.41) is 8.98. The van der Waals surface area contributed by atoms with E-state index in [1.165, 1.54) is 12.1 Å². The SMILES string of the molecule is CCNC(=NCCN1C(=O)CNC1=O)NC1CCN(Cc2ccc(C(F)(F)F)cc2)C1.I. The first kappa shape index (κ1) is 26.2. The summed E-state index contributed by atoms with van der Waals surface area (Å²) in [6.45, 7) is 5.27. The first-order valence-corrected chi connectivity index (χ1v) is 10.3. The van der Waals surface area contributed by atoms with Crippen LogP contribution in [0.25, 0.3) is 0 Å². The van der Waals surface area contributed by atoms with Gasteiger partial charge in [0.05, 0.1) is 25.2 Å². The van der Waals surface area contributed by atoms with E-state index >= 15 is 0 Å². The Balaban J connectivity index is 0.00000363. The Kier molecular flexibility index (Phi) is 9.55. The Labute approximate surface area is 202 Å². The summed E-state index contributed by atoms with van der Waals surface area (Å²) in [6, 6.07) is 5.01. The van der Waals surface area contributed by atoms with Crippen LogP contribution in [0.3, 0.4) is 0 Å². The fraction of sp³-hybridized carbons (Fsp3) is 0.550. The molecule has 0 aromatic heterocycles. The maximum atomic E-state index is 12.7. The zero-order chi connectivity index (χ0) is 22.4. The van der Waals surface area contributed by atoms with Crippen LogP contribution in [0.15, 0.2) is 29.3 Å². The Hall–Kier alpha value is -2.09. The fourth-order valence-electron chi connectivity index (χ4n) is 3.61. The lowest BCUT2D eigenvalue weighted by Gasteiger charge is -2.19. The quantitative estimate of drug-likeness (QED) is 0.203. The Morgan fingerprint density at radius 3 is 2.56 bits per heavy atom. The van der Waals surface area contributed by atoms with Crippen molar-refractivity contribution in [1.29, 1.82) is 0 Å². The highest BCUT2D eigenvalue weighted by Gasteiger charge is 2.30. The van der Waals surface area contributed by atoms with E-state index in [9.17, 15) is 22.8 Å². The molecular weight excluding hydrogens is 540 g/mol. The van der Waals surface area contributed by atoms with Gasteiger partial charge in [-0.1, -0.05) is 12.1 Å². The lowest BCUT2D eigenvalue weighted by molar-refractivity contribution is -0.137. The van der Waals surface area contributed by atoms with Crippen molar-refractivity contribution < 1.29 is 22.8 Å². The van der Waals surface area contributed by atoms with Crippen LogP contribution >= 0.6 is 24.0 Å². The van der Waals surface area contributed by atoms with Crippen molar-refractivity contribution in [2.24, 2.45) is 4.99 Å². The third-order valence-electron chi connectivity index (χ3n) is 5.18. The molecule has 0 aliphatic carbocycles. The number of aliphatic imine (C=N–C) groups is 1. The van der Waals surface area contributed by atoms with Crippen molar-refractivity contribution in [3.63, 3.8) is 0 Å². The summed E-state index contributed by atoms with van der Waals surface area (Å²) in [4.78, 5) is 31.0. The van der Waals surface area contributed by atoms with Crippen LogP contribution in [0.5, 0.6) is 0 Å². The number of nitrogens with zero attached hydrogens (tertiary/aromatic N) is 3. The molecule has 0 spiro atoms. The number of likely N-dealkylation sites (tertiary alicyclic amines) is 1. The maximum Gasteiger partial charge on any atom is 0.416 e. The lowest BCUT2D eigenvalue weighted by atomic mass is 10.1. The molecule has 2 aliphatic heterocycles. The van der Waals surface area contributed by atoms with Crippen LogP contribution in [0.1, 0.15) is 24.5 Å². The molecule has 8 nitrogen and oxygen atoms in total. The molecule has 2 heterocycles. The summed E-state index contributed by atoms with van der Waals surface area (Å²) >= 11 is 0. The molecule has 3 amide bonds. The van der Waals surface area contributed by atoms with Gasteiger partial charge in [-0.25, -0.2) is 4.79 Å². The average molecular weight is 568 g/mol. The topological polar surface area (TPSA) is 89.1 Å². The molecule has 1 aromatic rings. The molecule has 0 radical (unpaired) electrons. The van der Waals surface area contributed by atoms with E-state index in [1.54, 1.807) is 0 Å². The zero-order valence-corrected chi connectivity index (χ0v) is 20.1. The van der Waals surface area contributed by atoms with Crippen molar-refractivity contribution in [3.8, 4) is 0 Å². The number of alkyl halides is 3. The van der Waals surface area contributed by atoms with Gasteiger partial charge < -0.3 is 16.0 Å². The van der Waals surface area contributed by atoms with E-state index in [1.807, 2.05) is 6.92 Å². The predicted molar refractivity (Wildman–Crippen MR) is 125 cm³/mol. The van der Waals surface area contributed by atoms with Gasteiger partial charge in [-0.15, -0.1) is 24.0 Å². The number of urea groups is 1. The van der Waals surface area contributed by atoms with Gasteiger partial charge in [-0.3, -0.25) is 19.6 Å². The normalized spacial score (nSPS) is 19.7. The van der Waals surface area contributed by atoms with Gasteiger partial charge in [-0.2, -0.15) is 13.2 Å². The Bertz CT molecular complexity index is 803. The minimum Gasteiger partial charge on any atom is -0.357 e. The predicted octanol–water partition coefficient (Wildman–Crippen LogP) is 2.00. The number of rotatable bonds is 7. The third kappa shape index (κ3) is 7.22. The fourth-order valence-corrected chi connectivity index (χ4v) is 3.61. The van der Waals surface area contributed by atoms with E-state index in [0.29, 0.717) is 19.0 Å². The van der Waals surface area contributed by atoms with Crippen molar-refractivity contribution in [3.05, 3.63) is 35.4 Å². The van der Waals surface area contributed by atoms with Gasteiger partial charge in [0.25, 0.3) is 0 Å². The molecule has 0 bridgehead atoms. The van der Waals surface area contributed by atoms with Gasteiger partial charge in [0.2, 0.25) is 5.91 Å². The molecule has 2 saturated heterocycles. The number of carbonyl (C=O) groups excluding carboxylic acids is 2. The van der Waals surface area contributed by atoms with E-state index in [-0.39, 0.29) is 55.6 Å². The number of carbonyl (C=O) groups is 2. The second-order valence-corrected chi connectivity index (χ2v) is 7.52. The maximum absolute atomic E-state index is 12.7. The number of guanidine groups is 1. The average Bonchev–Trinajstić information content (AvgIpc) is 3.28. The van der Waals surface area contributed by atoms with Crippen molar-refractivity contribution in [2.45, 2.75) is 32.1 Å². The lowest BCUT2D eigenvalue weighted by Crippen LogP contribution is -2.45. The van der Waals surface area contributed by atoms with Crippen LogP contribution in [0, 0.1) is 0 Å². The van der Waals surface area contributed by atoms with Gasteiger partial charge in [0.15, 0.2) is 5.96 Å². The molecular formula is C20H28F3IN6O2. The molecule has 1 atom stereocenters. The van der Waals surface area contributed by atoms with Crippen molar-refractivity contribution >= 4 is 41.9 Å². The zero-order valence-electron chi connectivity index (χ0n) is 17.7. The first-order valence-electron chi connectivity index (χ1n) is 10.3. The number of amides is 3. The summed E-state index contributed by atoms with van der Waals surface area (Å²) in [7, 11) is 0. The van der Waals surface area contributed by atoms with Gasteiger partial charge in [0, 0.05) is 32.2 Å². The van der Waals surface area contributed by atoms with Gasteiger partial charge >= 0.3 is 12.2 Å². The highest BCUT2D eigenvalue weighted by Crippen LogP contribution is 2.29. The van der Waals surface area contributed by atoms with E-state index in [4.69, 9.17) is 0 Å². The van der Waals surface area contributed by atoms with Crippen LogP contribution in [0.4, 0.5) is 18.0 Å². The molecule has 3 rings (SSSR count). The molecule has 32 heavy (non-hydrogen) atoms. The number of nitrogens with one attached hydrogen (secondary N) is 3. The second-order valence-electron chi connectivity index (χ2n) is 7.52. The first-order chi connectivity index (χ1) is 14.8. The standard InChI is InChI=1S/C20H27F3N6O2.HI/c1-2-24-18(25-8-10-29-17(30)11-26-19(29)31)27-16-7-9-28(13-16)12-14-3-5-15(6-4-14)20(21,22)23;/h3-6,16H,2,7-13H2,1H3,(H,26,31)(H2,24,25,27);1H. The molecule has 3 N–H and O–H groups in total. The number of halogens is 4.